The highest BCUT2D eigenvalue weighted by Gasteiger charge is 2.38. The molecule has 3 aromatic carbocycles. The Hall–Kier alpha value is -2.50. The second-order valence-corrected chi connectivity index (χ2v) is 7.48. The van der Waals surface area contributed by atoms with Gasteiger partial charge in [-0.2, -0.15) is 13.2 Å². The number of hydrogen-bond donors (Lipinski definition) is 0. The summed E-state index contributed by atoms with van der Waals surface area (Å²) >= 11 is 0. The average molecular weight is 424 g/mol. The molecule has 3 aromatic rings. The van der Waals surface area contributed by atoms with Gasteiger partial charge in [0, 0.05) is 5.39 Å². The molecular formula is C24H22F6. The fourth-order valence-electron chi connectivity index (χ4n) is 3.60. The number of alkyl halides is 3. The number of halogens is 6. The van der Waals surface area contributed by atoms with Crippen LogP contribution < -0.4 is 0 Å². The second-order valence-electron chi connectivity index (χ2n) is 7.48. The molecule has 0 radical (unpaired) electrons. The first-order chi connectivity index (χ1) is 14.2. The highest BCUT2D eigenvalue weighted by molar-refractivity contribution is 5.85. The molecule has 0 nitrogen and oxygen atoms in total. The quantitative estimate of drug-likeness (QED) is 0.268. The van der Waals surface area contributed by atoms with Crippen LogP contribution >= 0.6 is 0 Å². The average Bonchev–Trinajstić information content (AvgIpc) is 2.66. The SMILES string of the molecule is CCCCCc1ccc(CCc2ccc3c(F)c(C(F)(F)F)c(F)cc3c2)c(F)c1. The first kappa shape index (κ1) is 22.2. The Balaban J connectivity index is 1.77. The Bertz CT molecular complexity index is 1040. The molecule has 0 saturated heterocycles. The van der Waals surface area contributed by atoms with Gasteiger partial charge >= 0.3 is 6.18 Å². The summed E-state index contributed by atoms with van der Waals surface area (Å²) in [7, 11) is 0. The fourth-order valence-corrected chi connectivity index (χ4v) is 3.60. The summed E-state index contributed by atoms with van der Waals surface area (Å²) in [5.41, 5.74) is 0.247. The van der Waals surface area contributed by atoms with E-state index in [1.165, 1.54) is 24.3 Å². The molecule has 160 valence electrons. The van der Waals surface area contributed by atoms with Crippen LogP contribution in [0.1, 0.15) is 48.4 Å². The van der Waals surface area contributed by atoms with Crippen molar-refractivity contribution in [3.05, 3.63) is 82.2 Å². The van der Waals surface area contributed by atoms with Gasteiger partial charge in [0.15, 0.2) is 0 Å². The molecule has 30 heavy (non-hydrogen) atoms. The summed E-state index contributed by atoms with van der Waals surface area (Å²) in [5.74, 6) is -3.56. The third-order valence-electron chi connectivity index (χ3n) is 5.25. The van der Waals surface area contributed by atoms with Gasteiger partial charge in [-0.1, -0.05) is 50.1 Å². The smallest absolute Gasteiger partial charge is 0.207 e. The van der Waals surface area contributed by atoms with Gasteiger partial charge in [0.1, 0.15) is 23.0 Å². The van der Waals surface area contributed by atoms with E-state index in [9.17, 15) is 26.3 Å². The van der Waals surface area contributed by atoms with E-state index in [4.69, 9.17) is 0 Å². The van der Waals surface area contributed by atoms with Crippen molar-refractivity contribution in [3.63, 3.8) is 0 Å². The Morgan fingerprint density at radius 2 is 1.43 bits per heavy atom. The summed E-state index contributed by atoms with van der Waals surface area (Å²) < 4.78 is 81.0. The number of fused-ring (bicyclic) bond motifs is 1. The third kappa shape index (κ3) is 4.97. The van der Waals surface area contributed by atoms with E-state index in [1.807, 2.05) is 6.07 Å². The zero-order chi connectivity index (χ0) is 21.9. The maximum absolute atomic E-state index is 14.4. The molecule has 0 atom stereocenters. The van der Waals surface area contributed by atoms with Crippen molar-refractivity contribution >= 4 is 10.8 Å². The molecule has 3 rings (SSSR count). The van der Waals surface area contributed by atoms with E-state index in [2.05, 4.69) is 6.92 Å². The number of aryl methyl sites for hydroxylation is 3. The predicted octanol–water partition coefficient (Wildman–Crippen LogP) is 7.79. The summed E-state index contributed by atoms with van der Waals surface area (Å²) in [6, 6.07) is 10.0. The first-order valence-corrected chi connectivity index (χ1v) is 9.96. The van der Waals surface area contributed by atoms with E-state index in [1.54, 1.807) is 6.07 Å². The summed E-state index contributed by atoms with van der Waals surface area (Å²) in [5, 5.41) is -0.252. The van der Waals surface area contributed by atoms with Crippen LogP contribution in [-0.4, -0.2) is 0 Å². The third-order valence-corrected chi connectivity index (χ3v) is 5.25. The number of rotatable bonds is 7. The van der Waals surface area contributed by atoms with Crippen LogP contribution in [0.4, 0.5) is 26.3 Å². The van der Waals surface area contributed by atoms with Gasteiger partial charge < -0.3 is 0 Å². The van der Waals surface area contributed by atoms with E-state index < -0.39 is 23.4 Å². The van der Waals surface area contributed by atoms with Crippen LogP contribution in [-0.2, 0) is 25.4 Å². The second kappa shape index (κ2) is 9.11. The zero-order valence-corrected chi connectivity index (χ0v) is 16.6. The van der Waals surface area contributed by atoms with Crippen LogP contribution in [0.2, 0.25) is 0 Å². The van der Waals surface area contributed by atoms with Crippen molar-refractivity contribution < 1.29 is 26.3 Å². The normalized spacial score (nSPS) is 12.0. The lowest BCUT2D eigenvalue weighted by atomic mass is 9.98. The van der Waals surface area contributed by atoms with Crippen LogP contribution in [0.3, 0.4) is 0 Å². The molecule has 0 aromatic heterocycles. The Morgan fingerprint density at radius 3 is 2.10 bits per heavy atom. The Morgan fingerprint density at radius 1 is 0.733 bits per heavy atom. The Kier molecular flexibility index (Phi) is 6.74. The summed E-state index contributed by atoms with van der Waals surface area (Å²) in [6.45, 7) is 2.11. The van der Waals surface area contributed by atoms with Gasteiger partial charge in [-0.15, -0.1) is 0 Å². The summed E-state index contributed by atoms with van der Waals surface area (Å²) in [4.78, 5) is 0. The summed E-state index contributed by atoms with van der Waals surface area (Å²) in [6.07, 6.45) is -0.317. The molecular weight excluding hydrogens is 402 g/mol. The molecule has 0 fully saturated rings. The van der Waals surface area contributed by atoms with Crippen LogP contribution in [0.15, 0.2) is 42.5 Å². The minimum atomic E-state index is -5.11. The van der Waals surface area contributed by atoms with Gasteiger partial charge in [0.2, 0.25) is 0 Å². The van der Waals surface area contributed by atoms with Gasteiger partial charge in [-0.25, -0.2) is 13.2 Å². The van der Waals surface area contributed by atoms with Gasteiger partial charge in [0.25, 0.3) is 0 Å². The van der Waals surface area contributed by atoms with Crippen LogP contribution in [0.25, 0.3) is 10.8 Å². The lowest BCUT2D eigenvalue weighted by Gasteiger charge is -2.12. The van der Waals surface area contributed by atoms with Gasteiger partial charge in [0.05, 0.1) is 0 Å². The van der Waals surface area contributed by atoms with Crippen molar-refractivity contribution in [2.75, 3.05) is 0 Å². The molecule has 0 N–H and O–H groups in total. The maximum atomic E-state index is 14.4. The van der Waals surface area contributed by atoms with E-state index in [0.29, 0.717) is 30.0 Å². The molecule has 0 spiro atoms. The molecule has 0 bridgehead atoms. The molecule has 6 heteroatoms. The number of unbranched alkanes of at least 4 members (excludes halogenated alkanes) is 2. The predicted molar refractivity (Wildman–Crippen MR) is 106 cm³/mol. The fraction of sp³-hybridized carbons (Fsp3) is 0.333. The van der Waals surface area contributed by atoms with Crippen molar-refractivity contribution in [3.8, 4) is 0 Å². The molecule has 0 unspecified atom stereocenters. The lowest BCUT2D eigenvalue weighted by Crippen LogP contribution is -2.11. The van der Waals surface area contributed by atoms with E-state index in [-0.39, 0.29) is 16.6 Å². The zero-order valence-electron chi connectivity index (χ0n) is 16.6. The standard InChI is InChI=1S/C24H22F6/c1-2-3-4-5-15-6-9-17(20(25)13-15)10-7-16-8-11-19-18(12-16)14-21(26)22(23(19)27)24(28,29)30/h6,8-9,11-14H,2-5,7,10H2,1H3. The van der Waals surface area contributed by atoms with Crippen molar-refractivity contribution in [1.29, 1.82) is 0 Å². The highest BCUT2D eigenvalue weighted by Crippen LogP contribution is 2.37. The van der Waals surface area contributed by atoms with Crippen LogP contribution in [0, 0.1) is 17.5 Å². The minimum Gasteiger partial charge on any atom is -0.207 e. The molecule has 0 heterocycles. The number of benzene rings is 3. The molecule has 0 amide bonds. The molecule has 0 aliphatic rings. The van der Waals surface area contributed by atoms with Gasteiger partial charge in [-0.3, -0.25) is 0 Å². The Labute approximate surface area is 171 Å². The van der Waals surface area contributed by atoms with Crippen molar-refractivity contribution in [1.82, 2.24) is 0 Å². The number of hydrogen-bond acceptors (Lipinski definition) is 0. The van der Waals surface area contributed by atoms with Crippen molar-refractivity contribution in [2.24, 2.45) is 0 Å². The lowest BCUT2D eigenvalue weighted by molar-refractivity contribution is -0.142. The minimum absolute atomic E-state index is 0.0437. The largest absolute Gasteiger partial charge is 0.422 e. The van der Waals surface area contributed by atoms with Gasteiger partial charge in [-0.05, 0) is 59.9 Å². The highest BCUT2D eigenvalue weighted by atomic mass is 19.4. The van der Waals surface area contributed by atoms with E-state index in [0.717, 1.165) is 31.2 Å². The van der Waals surface area contributed by atoms with Crippen molar-refractivity contribution in [2.45, 2.75) is 51.6 Å². The molecule has 0 saturated carbocycles. The topological polar surface area (TPSA) is 0 Å². The first-order valence-electron chi connectivity index (χ1n) is 9.96. The van der Waals surface area contributed by atoms with E-state index >= 15 is 0 Å². The monoisotopic (exact) mass is 424 g/mol. The maximum Gasteiger partial charge on any atom is 0.422 e. The van der Waals surface area contributed by atoms with Crippen LogP contribution in [0.5, 0.6) is 0 Å². The molecule has 0 aliphatic carbocycles. The molecule has 0 aliphatic heterocycles.